The fourth-order valence-corrected chi connectivity index (χ4v) is 3.85. The smallest absolute Gasteiger partial charge is 0.191 e. The predicted molar refractivity (Wildman–Crippen MR) is 109 cm³/mol. The molecule has 0 spiro atoms. The normalized spacial score (nSPS) is 10.7. The van der Waals surface area contributed by atoms with Gasteiger partial charge >= 0.3 is 0 Å². The lowest BCUT2D eigenvalue weighted by Crippen LogP contribution is -2.39. The van der Waals surface area contributed by atoms with Crippen molar-refractivity contribution < 1.29 is 0 Å². The second-order valence-electron chi connectivity index (χ2n) is 5.90. The number of aliphatic imine (C=N–C) groups is 1. The van der Waals surface area contributed by atoms with Gasteiger partial charge in [-0.15, -0.1) is 32.9 Å². The van der Waals surface area contributed by atoms with Crippen molar-refractivity contribution in [1.82, 2.24) is 25.4 Å². The van der Waals surface area contributed by atoms with E-state index in [1.165, 1.54) is 9.75 Å². The third-order valence-electron chi connectivity index (χ3n) is 4.05. The Balaban J connectivity index is 1.55. The monoisotopic (exact) mass is 388 g/mol. The first-order valence-electron chi connectivity index (χ1n) is 8.64. The third-order valence-corrected chi connectivity index (χ3v) is 5.92. The number of nitrogens with one attached hydrogen (secondary N) is 2. The maximum absolute atomic E-state index is 4.68. The quantitative estimate of drug-likeness (QED) is 0.460. The number of thiophene rings is 2. The van der Waals surface area contributed by atoms with Gasteiger partial charge in [-0.3, -0.25) is 0 Å². The van der Waals surface area contributed by atoms with Crippen molar-refractivity contribution in [1.29, 1.82) is 0 Å². The molecule has 0 aliphatic heterocycles. The van der Waals surface area contributed by atoms with E-state index in [4.69, 9.17) is 0 Å². The highest BCUT2D eigenvalue weighted by Gasteiger charge is 2.05. The molecule has 3 rings (SSSR count). The molecular weight excluding hydrogens is 364 g/mol. The molecule has 0 radical (unpaired) electrons. The molecule has 2 N–H and O–H groups in total. The molecule has 0 aliphatic carbocycles. The number of hydrogen-bond acceptors (Lipinski definition) is 5. The fraction of sp³-hybridized carbons (Fsp3) is 0.389. The molecule has 138 valence electrons. The van der Waals surface area contributed by atoms with Gasteiger partial charge in [-0.1, -0.05) is 12.1 Å². The van der Waals surface area contributed by atoms with Crippen molar-refractivity contribution in [3.8, 4) is 0 Å². The van der Waals surface area contributed by atoms with E-state index in [-0.39, 0.29) is 0 Å². The van der Waals surface area contributed by atoms with Gasteiger partial charge in [0.05, 0.1) is 0 Å². The van der Waals surface area contributed by atoms with Crippen molar-refractivity contribution >= 4 is 28.6 Å². The Labute approximate surface area is 162 Å². The minimum absolute atomic E-state index is 0.505. The molecule has 8 heteroatoms. The minimum atomic E-state index is 0.505. The second-order valence-corrected chi connectivity index (χ2v) is 7.96. The summed E-state index contributed by atoms with van der Waals surface area (Å²) in [4.78, 5) is 7.43. The third kappa shape index (κ3) is 5.40. The van der Waals surface area contributed by atoms with Gasteiger partial charge in [0, 0.05) is 29.9 Å². The van der Waals surface area contributed by atoms with Crippen molar-refractivity contribution in [3.63, 3.8) is 0 Å². The zero-order valence-corrected chi connectivity index (χ0v) is 16.7. The van der Waals surface area contributed by atoms with Gasteiger partial charge < -0.3 is 15.2 Å². The van der Waals surface area contributed by atoms with Crippen molar-refractivity contribution in [3.05, 3.63) is 56.4 Å². The fourth-order valence-electron chi connectivity index (χ4n) is 2.43. The summed E-state index contributed by atoms with van der Waals surface area (Å²) in [7, 11) is 1.97. The molecule has 3 aromatic rings. The van der Waals surface area contributed by atoms with Crippen LogP contribution >= 0.6 is 22.7 Å². The standard InChI is InChI=1S/C18H24N6S2/c1-14-22-23-17(24(14)2)13-21-18(19-9-7-15-5-3-11-25-15)20-10-8-16-6-4-12-26-16/h3-6,11-12H,7-10,13H2,1-2H3,(H2,19,20,21). The van der Waals surface area contributed by atoms with Crippen LogP contribution in [0.15, 0.2) is 40.0 Å². The molecule has 0 saturated heterocycles. The summed E-state index contributed by atoms with van der Waals surface area (Å²) < 4.78 is 1.97. The molecule has 0 aliphatic rings. The second kappa shape index (κ2) is 9.49. The van der Waals surface area contributed by atoms with Gasteiger partial charge in [0.25, 0.3) is 0 Å². The van der Waals surface area contributed by atoms with Crippen LogP contribution in [0, 0.1) is 6.92 Å². The molecule has 0 fully saturated rings. The van der Waals surface area contributed by atoms with Gasteiger partial charge in [-0.25, -0.2) is 4.99 Å². The van der Waals surface area contributed by atoms with E-state index in [0.29, 0.717) is 6.54 Å². The molecule has 0 atom stereocenters. The van der Waals surface area contributed by atoms with Gasteiger partial charge in [0.2, 0.25) is 0 Å². The van der Waals surface area contributed by atoms with Crippen LogP contribution in [-0.4, -0.2) is 33.8 Å². The Morgan fingerprint density at radius 3 is 2.12 bits per heavy atom. The first-order chi connectivity index (χ1) is 12.7. The van der Waals surface area contributed by atoms with Crippen LogP contribution < -0.4 is 10.6 Å². The summed E-state index contributed by atoms with van der Waals surface area (Å²) in [6.45, 7) is 4.15. The largest absolute Gasteiger partial charge is 0.356 e. The van der Waals surface area contributed by atoms with Crippen molar-refractivity contribution in [2.45, 2.75) is 26.3 Å². The molecule has 3 heterocycles. The van der Waals surface area contributed by atoms with Crippen LogP contribution in [-0.2, 0) is 26.4 Å². The molecule has 0 aromatic carbocycles. The van der Waals surface area contributed by atoms with Gasteiger partial charge in [-0.2, -0.15) is 0 Å². The molecule has 0 amide bonds. The van der Waals surface area contributed by atoms with E-state index in [1.807, 2.05) is 18.5 Å². The SMILES string of the molecule is Cc1nnc(CN=C(NCCc2cccs2)NCCc2cccs2)n1C. The highest BCUT2D eigenvalue weighted by molar-refractivity contribution is 7.10. The van der Waals surface area contributed by atoms with Crippen LogP contribution in [0.3, 0.4) is 0 Å². The molecule has 0 unspecified atom stereocenters. The number of hydrogen-bond donors (Lipinski definition) is 2. The van der Waals surface area contributed by atoms with Crippen LogP contribution in [0.1, 0.15) is 21.4 Å². The van der Waals surface area contributed by atoms with Crippen molar-refractivity contribution in [2.24, 2.45) is 12.0 Å². The number of guanidine groups is 1. The summed E-state index contributed by atoms with van der Waals surface area (Å²) in [6, 6.07) is 8.50. The van der Waals surface area contributed by atoms with E-state index in [9.17, 15) is 0 Å². The van der Waals surface area contributed by atoms with Crippen LogP contribution in [0.2, 0.25) is 0 Å². The maximum Gasteiger partial charge on any atom is 0.191 e. The molecule has 26 heavy (non-hydrogen) atoms. The lowest BCUT2D eigenvalue weighted by Gasteiger charge is -2.12. The Hall–Kier alpha value is -2.19. The van der Waals surface area contributed by atoms with E-state index in [1.54, 1.807) is 22.7 Å². The van der Waals surface area contributed by atoms with E-state index in [0.717, 1.165) is 43.5 Å². The van der Waals surface area contributed by atoms with Crippen LogP contribution in [0.25, 0.3) is 0 Å². The number of nitrogens with zero attached hydrogens (tertiary/aromatic N) is 4. The number of aromatic nitrogens is 3. The predicted octanol–water partition coefficient (Wildman–Crippen LogP) is 2.77. The van der Waals surface area contributed by atoms with Crippen molar-refractivity contribution in [2.75, 3.05) is 13.1 Å². The van der Waals surface area contributed by atoms with Crippen LogP contribution in [0.5, 0.6) is 0 Å². The Bertz CT molecular complexity index is 763. The average molecular weight is 389 g/mol. The zero-order chi connectivity index (χ0) is 18.2. The van der Waals surface area contributed by atoms with E-state index >= 15 is 0 Å². The van der Waals surface area contributed by atoms with E-state index in [2.05, 4.69) is 60.8 Å². The molecule has 3 aromatic heterocycles. The van der Waals surface area contributed by atoms with Crippen LogP contribution in [0.4, 0.5) is 0 Å². The lowest BCUT2D eigenvalue weighted by atomic mass is 10.3. The van der Waals surface area contributed by atoms with E-state index < -0.39 is 0 Å². The Kier molecular flexibility index (Phi) is 6.79. The topological polar surface area (TPSA) is 67.1 Å². The first-order valence-corrected chi connectivity index (χ1v) is 10.4. The highest BCUT2D eigenvalue weighted by Crippen LogP contribution is 2.09. The summed E-state index contributed by atoms with van der Waals surface area (Å²) in [6.07, 6.45) is 1.98. The summed E-state index contributed by atoms with van der Waals surface area (Å²) in [5, 5.41) is 19.3. The number of aryl methyl sites for hydroxylation is 1. The molecule has 0 bridgehead atoms. The summed E-state index contributed by atoms with van der Waals surface area (Å²) in [5.74, 6) is 2.58. The number of rotatable bonds is 8. The Morgan fingerprint density at radius 2 is 1.65 bits per heavy atom. The summed E-state index contributed by atoms with van der Waals surface area (Å²) in [5.41, 5.74) is 0. The first kappa shape index (κ1) is 18.6. The Morgan fingerprint density at radius 1 is 1.04 bits per heavy atom. The average Bonchev–Trinajstić information content (AvgIpc) is 3.38. The van der Waals surface area contributed by atoms with Gasteiger partial charge in [0.1, 0.15) is 12.4 Å². The highest BCUT2D eigenvalue weighted by atomic mass is 32.1. The minimum Gasteiger partial charge on any atom is -0.356 e. The lowest BCUT2D eigenvalue weighted by molar-refractivity contribution is 0.747. The molecular formula is C18H24N6S2. The summed E-state index contributed by atoms with van der Waals surface area (Å²) >= 11 is 3.57. The van der Waals surface area contributed by atoms with Gasteiger partial charge in [-0.05, 0) is 42.7 Å². The zero-order valence-electron chi connectivity index (χ0n) is 15.1. The van der Waals surface area contributed by atoms with Gasteiger partial charge in [0.15, 0.2) is 11.8 Å². The molecule has 0 saturated carbocycles. The molecule has 6 nitrogen and oxygen atoms in total. The maximum atomic E-state index is 4.68.